The molecule has 0 atom stereocenters. The zero-order valence-electron chi connectivity index (χ0n) is 15.4. The number of fused-ring (bicyclic) bond motifs is 1. The maximum absolute atomic E-state index is 11.8. The summed E-state index contributed by atoms with van der Waals surface area (Å²) in [6.45, 7) is 0. The Balaban J connectivity index is 1.36. The van der Waals surface area contributed by atoms with Gasteiger partial charge in [-0.25, -0.2) is 4.79 Å². The molecule has 4 rings (SSSR count). The number of hydrogen-bond acceptors (Lipinski definition) is 6. The quantitative estimate of drug-likeness (QED) is 0.169. The maximum Gasteiger partial charge on any atom is 0.336 e. The van der Waals surface area contributed by atoms with E-state index in [0.717, 1.165) is 22.2 Å². The van der Waals surface area contributed by atoms with Crippen molar-refractivity contribution >= 4 is 34.9 Å². The van der Waals surface area contributed by atoms with E-state index in [1.54, 1.807) is 42.8 Å². The Bertz CT molecular complexity index is 1160. The second-order valence-electron chi connectivity index (χ2n) is 6.09. The number of anilines is 1. The van der Waals surface area contributed by atoms with Gasteiger partial charge < -0.3 is 9.15 Å². The first kappa shape index (κ1) is 18.2. The third kappa shape index (κ3) is 4.75. The first-order valence-electron chi connectivity index (χ1n) is 8.94. The van der Waals surface area contributed by atoms with E-state index in [-0.39, 0.29) is 0 Å². The van der Waals surface area contributed by atoms with Gasteiger partial charge in [-0.3, -0.25) is 10.4 Å². The van der Waals surface area contributed by atoms with Crippen molar-refractivity contribution in [1.82, 2.24) is 4.98 Å². The van der Waals surface area contributed by atoms with Crippen LogP contribution >= 0.6 is 0 Å². The van der Waals surface area contributed by atoms with Crippen molar-refractivity contribution in [2.75, 3.05) is 5.43 Å². The molecule has 6 nitrogen and oxygen atoms in total. The lowest BCUT2D eigenvalue weighted by atomic mass is 10.2. The molecule has 0 bridgehead atoms. The predicted octanol–water partition coefficient (Wildman–Crippen LogP) is 4.89. The highest BCUT2D eigenvalue weighted by atomic mass is 16.5. The van der Waals surface area contributed by atoms with Crippen LogP contribution in [0.1, 0.15) is 11.3 Å². The van der Waals surface area contributed by atoms with Gasteiger partial charge in [-0.05, 0) is 60.2 Å². The number of esters is 1. The first-order valence-corrected chi connectivity index (χ1v) is 8.94. The van der Waals surface area contributed by atoms with Gasteiger partial charge in [0.05, 0.1) is 23.7 Å². The van der Waals surface area contributed by atoms with Crippen LogP contribution in [-0.4, -0.2) is 17.2 Å². The number of aromatic nitrogens is 1. The van der Waals surface area contributed by atoms with E-state index in [9.17, 15) is 4.79 Å². The van der Waals surface area contributed by atoms with Gasteiger partial charge in [-0.1, -0.05) is 18.2 Å². The number of benzene rings is 2. The van der Waals surface area contributed by atoms with E-state index >= 15 is 0 Å². The van der Waals surface area contributed by atoms with Crippen molar-refractivity contribution in [1.29, 1.82) is 0 Å². The Morgan fingerprint density at radius 1 is 1.03 bits per heavy atom. The highest BCUT2D eigenvalue weighted by molar-refractivity contribution is 5.91. The SMILES string of the molecule is O=C(C=Cc1ccco1)Oc1ccc(C=NNc2cccc3cccnc23)cc1. The number of rotatable bonds is 6. The minimum atomic E-state index is -0.479. The van der Waals surface area contributed by atoms with Gasteiger partial charge in [0.2, 0.25) is 0 Å². The molecular weight excluding hydrogens is 366 g/mol. The molecule has 0 unspecified atom stereocenters. The number of ether oxygens (including phenoxy) is 1. The molecule has 0 aliphatic carbocycles. The monoisotopic (exact) mass is 383 g/mol. The van der Waals surface area contributed by atoms with Crippen LogP contribution in [-0.2, 0) is 4.79 Å². The van der Waals surface area contributed by atoms with Gasteiger partial charge in [0.15, 0.2) is 0 Å². The number of carbonyl (C=O) groups is 1. The minimum absolute atomic E-state index is 0.447. The Kier molecular flexibility index (Phi) is 5.43. The molecule has 1 N–H and O–H groups in total. The predicted molar refractivity (Wildman–Crippen MR) is 113 cm³/mol. The molecule has 0 fully saturated rings. The summed E-state index contributed by atoms with van der Waals surface area (Å²) in [7, 11) is 0. The lowest BCUT2D eigenvalue weighted by Gasteiger charge is -2.04. The van der Waals surface area contributed by atoms with Crippen molar-refractivity contribution in [2.45, 2.75) is 0 Å². The van der Waals surface area contributed by atoms with Crippen LogP contribution in [0.4, 0.5) is 5.69 Å². The summed E-state index contributed by atoms with van der Waals surface area (Å²) < 4.78 is 10.4. The van der Waals surface area contributed by atoms with E-state index in [0.29, 0.717) is 11.5 Å². The average Bonchev–Trinajstić information content (AvgIpc) is 3.27. The topological polar surface area (TPSA) is 76.7 Å². The van der Waals surface area contributed by atoms with Gasteiger partial charge in [0.25, 0.3) is 0 Å². The standard InChI is InChI=1S/C23H17N3O3/c27-22(13-12-19-6-3-15-28-19)29-20-10-8-17(9-11-20)16-25-26-21-7-1-4-18-5-2-14-24-23(18)21/h1-16,26H. The van der Waals surface area contributed by atoms with E-state index < -0.39 is 5.97 Å². The van der Waals surface area contributed by atoms with Gasteiger partial charge in [0, 0.05) is 17.7 Å². The Morgan fingerprint density at radius 2 is 1.90 bits per heavy atom. The lowest BCUT2D eigenvalue weighted by Crippen LogP contribution is -2.03. The van der Waals surface area contributed by atoms with Gasteiger partial charge in [-0.15, -0.1) is 0 Å². The summed E-state index contributed by atoms with van der Waals surface area (Å²) in [6.07, 6.45) is 7.84. The average molecular weight is 383 g/mol. The fourth-order valence-electron chi connectivity index (χ4n) is 2.68. The number of pyridine rings is 1. The van der Waals surface area contributed by atoms with Crippen LogP contribution in [0.5, 0.6) is 5.75 Å². The number of furan rings is 1. The van der Waals surface area contributed by atoms with Crippen LogP contribution < -0.4 is 10.2 Å². The Morgan fingerprint density at radius 3 is 2.72 bits per heavy atom. The molecule has 0 aliphatic rings. The second-order valence-corrected chi connectivity index (χ2v) is 6.09. The summed E-state index contributed by atoms with van der Waals surface area (Å²) in [5.74, 6) is 0.554. The van der Waals surface area contributed by atoms with Crippen molar-refractivity contribution in [3.05, 3.63) is 96.6 Å². The minimum Gasteiger partial charge on any atom is -0.465 e. The maximum atomic E-state index is 11.8. The fraction of sp³-hybridized carbons (Fsp3) is 0. The highest BCUT2D eigenvalue weighted by Crippen LogP contribution is 2.20. The zero-order chi connectivity index (χ0) is 19.9. The molecule has 0 amide bonds. The Hall–Kier alpha value is -4.19. The number of nitrogens with zero attached hydrogens (tertiary/aromatic N) is 2. The number of hydrazone groups is 1. The molecule has 0 radical (unpaired) electrons. The number of para-hydroxylation sites is 1. The van der Waals surface area contributed by atoms with E-state index in [1.165, 1.54) is 12.3 Å². The third-order valence-corrected chi connectivity index (χ3v) is 4.06. The largest absolute Gasteiger partial charge is 0.465 e. The molecule has 2 aromatic heterocycles. The molecule has 0 saturated carbocycles. The van der Waals surface area contributed by atoms with Crippen molar-refractivity contribution in [3.8, 4) is 5.75 Å². The van der Waals surface area contributed by atoms with Crippen LogP contribution in [0.2, 0.25) is 0 Å². The molecule has 0 aliphatic heterocycles. The lowest BCUT2D eigenvalue weighted by molar-refractivity contribution is -0.128. The van der Waals surface area contributed by atoms with Gasteiger partial charge in [-0.2, -0.15) is 5.10 Å². The normalized spacial score (nSPS) is 11.3. The first-order chi connectivity index (χ1) is 14.3. The summed E-state index contributed by atoms with van der Waals surface area (Å²) in [5.41, 5.74) is 5.56. The number of carbonyl (C=O) groups excluding carboxylic acids is 1. The molecule has 2 aromatic carbocycles. The smallest absolute Gasteiger partial charge is 0.336 e. The number of nitrogens with one attached hydrogen (secondary N) is 1. The Labute approximate surface area is 167 Å². The van der Waals surface area contributed by atoms with Crippen LogP contribution in [0.15, 0.2) is 94.8 Å². The molecule has 6 heteroatoms. The van der Waals surface area contributed by atoms with Crippen molar-refractivity contribution < 1.29 is 13.9 Å². The molecular formula is C23H17N3O3. The summed E-state index contributed by atoms with van der Waals surface area (Å²) in [6, 6.07) is 20.3. The molecule has 2 heterocycles. The van der Waals surface area contributed by atoms with Crippen LogP contribution in [0, 0.1) is 0 Å². The molecule has 0 saturated heterocycles. The van der Waals surface area contributed by atoms with E-state index in [4.69, 9.17) is 9.15 Å². The zero-order valence-corrected chi connectivity index (χ0v) is 15.4. The molecule has 4 aromatic rings. The highest BCUT2D eigenvalue weighted by Gasteiger charge is 2.02. The van der Waals surface area contributed by atoms with E-state index in [2.05, 4.69) is 15.5 Å². The summed E-state index contributed by atoms with van der Waals surface area (Å²) in [5, 5.41) is 5.31. The fourth-order valence-corrected chi connectivity index (χ4v) is 2.68. The van der Waals surface area contributed by atoms with E-state index in [1.807, 2.05) is 42.5 Å². The third-order valence-electron chi connectivity index (χ3n) is 4.06. The molecule has 0 spiro atoms. The van der Waals surface area contributed by atoms with Crippen molar-refractivity contribution in [3.63, 3.8) is 0 Å². The second kappa shape index (κ2) is 8.67. The van der Waals surface area contributed by atoms with Gasteiger partial charge >= 0.3 is 5.97 Å². The summed E-state index contributed by atoms with van der Waals surface area (Å²) >= 11 is 0. The number of hydrogen-bond donors (Lipinski definition) is 1. The van der Waals surface area contributed by atoms with Crippen molar-refractivity contribution in [2.24, 2.45) is 5.10 Å². The molecule has 29 heavy (non-hydrogen) atoms. The van der Waals surface area contributed by atoms with Crippen LogP contribution in [0.3, 0.4) is 0 Å². The summed E-state index contributed by atoms with van der Waals surface area (Å²) in [4.78, 5) is 16.2. The molecule has 142 valence electrons. The van der Waals surface area contributed by atoms with Gasteiger partial charge in [0.1, 0.15) is 11.5 Å². The van der Waals surface area contributed by atoms with Crippen LogP contribution in [0.25, 0.3) is 17.0 Å².